The topological polar surface area (TPSA) is 50.7 Å². The number of nitrogens with one attached hydrogen (secondary N) is 1. The summed E-state index contributed by atoms with van der Waals surface area (Å²) >= 11 is 0. The van der Waals surface area contributed by atoms with Crippen molar-refractivity contribution >= 4 is 11.8 Å². The van der Waals surface area contributed by atoms with Crippen molar-refractivity contribution < 1.29 is 18.3 Å². The highest BCUT2D eigenvalue weighted by molar-refractivity contribution is 5.88. The number of carbonyl (C=O) groups excluding carboxylic acids is 1. The SMILES string of the molecule is CC[C@H](C)C(NC(C)=O)C1=N[C@@H](Cc2c(F)cccc2F)CO1. The van der Waals surface area contributed by atoms with Gasteiger partial charge in [0.15, 0.2) is 0 Å². The fraction of sp³-hybridized carbons (Fsp3) is 0.529. The molecule has 1 heterocycles. The summed E-state index contributed by atoms with van der Waals surface area (Å²) in [6, 6.07) is 3.14. The van der Waals surface area contributed by atoms with Crippen LogP contribution >= 0.6 is 0 Å². The Balaban J connectivity index is 2.14. The predicted molar refractivity (Wildman–Crippen MR) is 84.3 cm³/mol. The third-order valence-corrected chi connectivity index (χ3v) is 4.07. The zero-order valence-electron chi connectivity index (χ0n) is 13.6. The lowest BCUT2D eigenvalue weighted by molar-refractivity contribution is -0.119. The largest absolute Gasteiger partial charge is 0.477 e. The molecule has 1 aromatic rings. The molecule has 23 heavy (non-hydrogen) atoms. The Morgan fingerprint density at radius 1 is 1.43 bits per heavy atom. The molecule has 1 aromatic carbocycles. The number of ether oxygens (including phenoxy) is 1. The number of carbonyl (C=O) groups is 1. The monoisotopic (exact) mass is 324 g/mol. The molecular weight excluding hydrogens is 302 g/mol. The maximum absolute atomic E-state index is 13.7. The lowest BCUT2D eigenvalue weighted by atomic mass is 9.99. The van der Waals surface area contributed by atoms with Crippen LogP contribution in [0.3, 0.4) is 0 Å². The minimum atomic E-state index is -0.575. The van der Waals surface area contributed by atoms with Crippen LogP contribution in [0.2, 0.25) is 0 Å². The smallest absolute Gasteiger partial charge is 0.217 e. The summed E-state index contributed by atoms with van der Waals surface area (Å²) in [5.41, 5.74) is 0.0192. The van der Waals surface area contributed by atoms with Crippen molar-refractivity contribution in [1.82, 2.24) is 5.32 Å². The van der Waals surface area contributed by atoms with Crippen molar-refractivity contribution in [2.75, 3.05) is 6.61 Å². The molecule has 0 bridgehead atoms. The lowest BCUT2D eigenvalue weighted by Gasteiger charge is -2.22. The number of rotatable bonds is 6. The average Bonchev–Trinajstić information content (AvgIpc) is 2.96. The summed E-state index contributed by atoms with van der Waals surface area (Å²) in [4.78, 5) is 15.8. The second kappa shape index (κ2) is 7.53. The summed E-state index contributed by atoms with van der Waals surface area (Å²) in [6.07, 6.45) is 0.981. The highest BCUT2D eigenvalue weighted by Gasteiger charge is 2.30. The first-order chi connectivity index (χ1) is 10.9. The van der Waals surface area contributed by atoms with Gasteiger partial charge >= 0.3 is 0 Å². The van der Waals surface area contributed by atoms with Crippen LogP contribution in [0, 0.1) is 17.6 Å². The molecule has 0 saturated carbocycles. The van der Waals surface area contributed by atoms with E-state index >= 15 is 0 Å². The highest BCUT2D eigenvalue weighted by Crippen LogP contribution is 2.20. The van der Waals surface area contributed by atoms with Gasteiger partial charge in [-0.15, -0.1) is 0 Å². The summed E-state index contributed by atoms with van der Waals surface area (Å²) in [5.74, 6) is -0.717. The maximum Gasteiger partial charge on any atom is 0.217 e. The van der Waals surface area contributed by atoms with Gasteiger partial charge < -0.3 is 10.1 Å². The van der Waals surface area contributed by atoms with Crippen LogP contribution in [0.4, 0.5) is 8.78 Å². The van der Waals surface area contributed by atoms with Gasteiger partial charge in [0.2, 0.25) is 11.8 Å². The van der Waals surface area contributed by atoms with E-state index in [9.17, 15) is 13.6 Å². The van der Waals surface area contributed by atoms with Crippen LogP contribution < -0.4 is 5.32 Å². The molecule has 3 atom stereocenters. The fourth-order valence-electron chi connectivity index (χ4n) is 2.58. The molecule has 1 aliphatic rings. The Kier molecular flexibility index (Phi) is 5.69. The standard InChI is InChI=1S/C17H22F2N2O2/c1-4-10(2)16(20-11(3)22)17-21-12(9-23-17)8-13-14(18)6-5-7-15(13)19/h5-7,10,12,16H,4,8-9H2,1-3H3,(H,20,22)/t10-,12-,16?/m0/s1. The van der Waals surface area contributed by atoms with Gasteiger partial charge in [-0.25, -0.2) is 13.8 Å². The molecule has 2 rings (SSSR count). The molecule has 4 nitrogen and oxygen atoms in total. The van der Waals surface area contributed by atoms with Crippen LogP contribution in [-0.4, -0.2) is 30.5 Å². The Bertz CT molecular complexity index is 584. The van der Waals surface area contributed by atoms with Gasteiger partial charge in [0.05, 0.1) is 6.04 Å². The number of benzene rings is 1. The van der Waals surface area contributed by atoms with E-state index in [-0.39, 0.29) is 42.5 Å². The number of hydrogen-bond acceptors (Lipinski definition) is 3. The van der Waals surface area contributed by atoms with E-state index in [0.717, 1.165) is 6.42 Å². The first-order valence-corrected chi connectivity index (χ1v) is 7.82. The number of halogens is 2. The molecule has 1 unspecified atom stereocenters. The van der Waals surface area contributed by atoms with Gasteiger partial charge in [0.1, 0.15) is 24.3 Å². The summed E-state index contributed by atoms with van der Waals surface area (Å²) < 4.78 is 33.1. The van der Waals surface area contributed by atoms with Crippen molar-refractivity contribution in [1.29, 1.82) is 0 Å². The number of aliphatic imine (C=N–C) groups is 1. The Morgan fingerprint density at radius 2 is 2.09 bits per heavy atom. The maximum atomic E-state index is 13.7. The quantitative estimate of drug-likeness (QED) is 0.875. The second-order valence-electron chi connectivity index (χ2n) is 5.90. The van der Waals surface area contributed by atoms with E-state index < -0.39 is 11.6 Å². The van der Waals surface area contributed by atoms with Crippen molar-refractivity contribution in [2.45, 2.75) is 45.7 Å². The Morgan fingerprint density at radius 3 is 2.65 bits per heavy atom. The lowest BCUT2D eigenvalue weighted by Crippen LogP contribution is -2.44. The zero-order valence-corrected chi connectivity index (χ0v) is 13.6. The molecule has 0 radical (unpaired) electrons. The molecule has 1 aliphatic heterocycles. The van der Waals surface area contributed by atoms with Crippen molar-refractivity contribution in [3.05, 3.63) is 35.4 Å². The summed E-state index contributed by atoms with van der Waals surface area (Å²) in [7, 11) is 0. The number of hydrogen-bond donors (Lipinski definition) is 1. The van der Waals surface area contributed by atoms with Crippen LogP contribution in [0.5, 0.6) is 0 Å². The van der Waals surface area contributed by atoms with Gasteiger partial charge in [-0.3, -0.25) is 4.79 Å². The van der Waals surface area contributed by atoms with Crippen molar-refractivity contribution in [3.8, 4) is 0 Å². The van der Waals surface area contributed by atoms with Crippen LogP contribution in [0.15, 0.2) is 23.2 Å². The first-order valence-electron chi connectivity index (χ1n) is 7.82. The zero-order chi connectivity index (χ0) is 17.0. The Hall–Kier alpha value is -1.98. The van der Waals surface area contributed by atoms with Gasteiger partial charge in [-0.1, -0.05) is 26.3 Å². The molecule has 0 saturated heterocycles. The third-order valence-electron chi connectivity index (χ3n) is 4.07. The van der Waals surface area contributed by atoms with E-state index in [2.05, 4.69) is 10.3 Å². The van der Waals surface area contributed by atoms with E-state index in [0.29, 0.717) is 5.90 Å². The molecular formula is C17H22F2N2O2. The highest BCUT2D eigenvalue weighted by atomic mass is 19.1. The minimum absolute atomic E-state index is 0.0192. The number of amides is 1. The van der Waals surface area contributed by atoms with Crippen molar-refractivity contribution in [3.63, 3.8) is 0 Å². The Labute approximate surface area is 134 Å². The van der Waals surface area contributed by atoms with Gasteiger partial charge in [0.25, 0.3) is 0 Å². The summed E-state index contributed by atoms with van der Waals surface area (Å²) in [6.45, 7) is 5.71. The third kappa shape index (κ3) is 4.27. The van der Waals surface area contributed by atoms with Gasteiger partial charge in [-0.2, -0.15) is 0 Å². The molecule has 0 fully saturated rings. The van der Waals surface area contributed by atoms with Gasteiger partial charge in [0, 0.05) is 18.9 Å². The second-order valence-corrected chi connectivity index (χ2v) is 5.90. The van der Waals surface area contributed by atoms with E-state index in [1.54, 1.807) is 0 Å². The molecule has 126 valence electrons. The van der Waals surface area contributed by atoms with Crippen molar-refractivity contribution in [2.24, 2.45) is 10.9 Å². The average molecular weight is 324 g/mol. The van der Waals surface area contributed by atoms with E-state index in [1.807, 2.05) is 13.8 Å². The summed E-state index contributed by atoms with van der Waals surface area (Å²) in [5, 5.41) is 2.84. The van der Waals surface area contributed by atoms with Crippen LogP contribution in [-0.2, 0) is 16.0 Å². The molecule has 1 N–H and O–H groups in total. The molecule has 1 amide bonds. The molecule has 6 heteroatoms. The predicted octanol–water partition coefficient (Wildman–Crippen LogP) is 2.86. The molecule has 0 aromatic heterocycles. The minimum Gasteiger partial charge on any atom is -0.477 e. The number of nitrogens with zero attached hydrogens (tertiary/aromatic N) is 1. The first kappa shape index (κ1) is 17.4. The van der Waals surface area contributed by atoms with Crippen LogP contribution in [0.1, 0.15) is 32.8 Å². The molecule has 0 aliphatic carbocycles. The van der Waals surface area contributed by atoms with Crippen LogP contribution in [0.25, 0.3) is 0 Å². The van der Waals surface area contributed by atoms with E-state index in [4.69, 9.17) is 4.74 Å². The van der Waals surface area contributed by atoms with E-state index in [1.165, 1.54) is 25.1 Å². The molecule has 0 spiro atoms. The fourth-order valence-corrected chi connectivity index (χ4v) is 2.58. The van der Waals surface area contributed by atoms with Gasteiger partial charge in [-0.05, 0) is 18.1 Å². The normalized spacial score (nSPS) is 19.7.